The maximum absolute atomic E-state index is 13.3. The monoisotopic (exact) mass is 220 g/mol. The molecule has 2 N–H and O–H groups in total. The molecule has 1 heterocycles. The van der Waals surface area contributed by atoms with Crippen molar-refractivity contribution in [2.75, 3.05) is 6.54 Å². The van der Waals surface area contributed by atoms with Gasteiger partial charge in [0.2, 0.25) is 0 Å². The third-order valence-corrected chi connectivity index (χ3v) is 2.36. The van der Waals surface area contributed by atoms with Crippen molar-refractivity contribution < 1.29 is 4.39 Å². The molecule has 0 unspecified atom stereocenters. The van der Waals surface area contributed by atoms with Crippen LogP contribution in [-0.4, -0.2) is 21.5 Å². The summed E-state index contributed by atoms with van der Waals surface area (Å²) in [7, 11) is 0. The summed E-state index contributed by atoms with van der Waals surface area (Å²) in [6, 6.07) is 4.96. The summed E-state index contributed by atoms with van der Waals surface area (Å²) in [5.41, 5.74) is 7.51. The normalized spacial score (nSPS) is 10.7. The minimum Gasteiger partial charge on any atom is -0.330 e. The second-order valence-corrected chi connectivity index (χ2v) is 3.63. The molecule has 0 fully saturated rings. The summed E-state index contributed by atoms with van der Waals surface area (Å²) in [5.74, 6) is -0.242. The number of benzene rings is 1. The maximum atomic E-state index is 13.3. The van der Waals surface area contributed by atoms with Crippen LogP contribution in [0.5, 0.6) is 0 Å². The van der Waals surface area contributed by atoms with Crippen LogP contribution in [0.1, 0.15) is 11.3 Å². The van der Waals surface area contributed by atoms with Gasteiger partial charge in [0.1, 0.15) is 5.82 Å². The highest BCUT2D eigenvalue weighted by Crippen LogP contribution is 2.12. The molecule has 1 aromatic heterocycles. The van der Waals surface area contributed by atoms with Gasteiger partial charge in [-0.2, -0.15) is 0 Å². The molecule has 0 atom stereocenters. The van der Waals surface area contributed by atoms with E-state index in [1.54, 1.807) is 29.9 Å². The molecule has 2 rings (SSSR count). The minimum absolute atomic E-state index is 0.242. The lowest BCUT2D eigenvalue weighted by atomic mass is 10.2. The van der Waals surface area contributed by atoms with Crippen LogP contribution in [0.4, 0.5) is 4.39 Å². The van der Waals surface area contributed by atoms with Crippen LogP contribution in [-0.2, 0) is 6.42 Å². The number of rotatable bonds is 3. The quantitative estimate of drug-likeness (QED) is 0.846. The molecule has 84 valence electrons. The first-order valence-corrected chi connectivity index (χ1v) is 5.08. The van der Waals surface area contributed by atoms with Gasteiger partial charge >= 0.3 is 0 Å². The van der Waals surface area contributed by atoms with Gasteiger partial charge in [-0.15, -0.1) is 5.10 Å². The van der Waals surface area contributed by atoms with Gasteiger partial charge in [0.15, 0.2) is 0 Å². The molecule has 0 saturated carbocycles. The molecule has 0 aliphatic carbocycles. The highest BCUT2D eigenvalue weighted by atomic mass is 19.1. The van der Waals surface area contributed by atoms with Crippen molar-refractivity contribution in [2.24, 2.45) is 5.73 Å². The van der Waals surface area contributed by atoms with Gasteiger partial charge in [-0.3, -0.25) is 0 Å². The van der Waals surface area contributed by atoms with E-state index in [0.29, 0.717) is 24.2 Å². The van der Waals surface area contributed by atoms with E-state index in [-0.39, 0.29) is 5.82 Å². The first-order valence-electron chi connectivity index (χ1n) is 5.08. The van der Waals surface area contributed by atoms with E-state index in [2.05, 4.69) is 10.3 Å². The summed E-state index contributed by atoms with van der Waals surface area (Å²) in [4.78, 5) is 0. The second kappa shape index (κ2) is 4.40. The zero-order valence-corrected chi connectivity index (χ0v) is 9.02. The van der Waals surface area contributed by atoms with Crippen LogP contribution >= 0.6 is 0 Å². The molecule has 2 aromatic rings. The lowest BCUT2D eigenvalue weighted by Crippen LogP contribution is -2.02. The number of halogens is 1. The molecule has 0 bridgehead atoms. The summed E-state index contributed by atoms with van der Waals surface area (Å²) < 4.78 is 14.9. The van der Waals surface area contributed by atoms with E-state index in [4.69, 9.17) is 5.73 Å². The van der Waals surface area contributed by atoms with Crippen LogP contribution in [0.2, 0.25) is 0 Å². The molecule has 0 aliphatic heterocycles. The molecule has 0 radical (unpaired) electrons. The standard InChI is InChI=1S/C11H13FN4/c1-8-2-3-10(6-11(8)12)16-7-9(4-5-13)14-15-16/h2-3,6-7H,4-5,13H2,1H3. The first kappa shape index (κ1) is 10.8. The third kappa shape index (κ3) is 2.09. The Morgan fingerprint density at radius 3 is 2.94 bits per heavy atom. The number of aryl methyl sites for hydroxylation is 1. The van der Waals surface area contributed by atoms with Crippen LogP contribution in [0.3, 0.4) is 0 Å². The van der Waals surface area contributed by atoms with Crippen LogP contribution in [0.15, 0.2) is 24.4 Å². The number of nitrogens with two attached hydrogens (primary N) is 1. The van der Waals surface area contributed by atoms with E-state index in [1.807, 2.05) is 0 Å². The number of aromatic nitrogens is 3. The van der Waals surface area contributed by atoms with E-state index >= 15 is 0 Å². The fraction of sp³-hybridized carbons (Fsp3) is 0.273. The Morgan fingerprint density at radius 1 is 1.44 bits per heavy atom. The Labute approximate surface area is 92.9 Å². The maximum Gasteiger partial charge on any atom is 0.128 e. The average Bonchev–Trinajstić information content (AvgIpc) is 2.71. The Bertz CT molecular complexity index is 492. The van der Waals surface area contributed by atoms with Gasteiger partial charge in [-0.1, -0.05) is 11.3 Å². The van der Waals surface area contributed by atoms with Crippen molar-refractivity contribution in [1.82, 2.24) is 15.0 Å². The fourth-order valence-corrected chi connectivity index (χ4v) is 1.41. The van der Waals surface area contributed by atoms with Crippen molar-refractivity contribution in [1.29, 1.82) is 0 Å². The van der Waals surface area contributed by atoms with Crippen molar-refractivity contribution >= 4 is 0 Å². The number of nitrogens with zero attached hydrogens (tertiary/aromatic N) is 3. The predicted octanol–water partition coefficient (Wildman–Crippen LogP) is 1.22. The van der Waals surface area contributed by atoms with Crippen LogP contribution in [0, 0.1) is 12.7 Å². The molecule has 5 heteroatoms. The summed E-state index contributed by atoms with van der Waals surface area (Å²) in [5, 5.41) is 7.87. The van der Waals surface area contributed by atoms with E-state index in [1.165, 1.54) is 6.07 Å². The van der Waals surface area contributed by atoms with Crippen molar-refractivity contribution in [3.05, 3.63) is 41.5 Å². The van der Waals surface area contributed by atoms with Gasteiger partial charge in [-0.05, 0) is 31.2 Å². The average molecular weight is 220 g/mol. The zero-order valence-electron chi connectivity index (χ0n) is 9.02. The van der Waals surface area contributed by atoms with Crippen molar-refractivity contribution in [2.45, 2.75) is 13.3 Å². The molecule has 1 aromatic carbocycles. The molecule has 0 aliphatic rings. The molecule has 0 saturated heterocycles. The fourth-order valence-electron chi connectivity index (χ4n) is 1.41. The highest BCUT2D eigenvalue weighted by molar-refractivity contribution is 5.34. The highest BCUT2D eigenvalue weighted by Gasteiger charge is 2.04. The number of hydrogen-bond acceptors (Lipinski definition) is 3. The van der Waals surface area contributed by atoms with Crippen LogP contribution in [0.25, 0.3) is 5.69 Å². The lowest BCUT2D eigenvalue weighted by Gasteiger charge is -2.01. The van der Waals surface area contributed by atoms with Crippen LogP contribution < -0.4 is 5.73 Å². The van der Waals surface area contributed by atoms with E-state index in [9.17, 15) is 4.39 Å². The zero-order chi connectivity index (χ0) is 11.5. The summed E-state index contributed by atoms with van der Waals surface area (Å²) >= 11 is 0. The first-order chi connectivity index (χ1) is 7.70. The van der Waals surface area contributed by atoms with Gasteiger partial charge in [0.25, 0.3) is 0 Å². The largest absolute Gasteiger partial charge is 0.330 e. The van der Waals surface area contributed by atoms with Gasteiger partial charge in [0.05, 0.1) is 17.6 Å². The molecule has 4 nitrogen and oxygen atoms in total. The molecular weight excluding hydrogens is 207 g/mol. The smallest absolute Gasteiger partial charge is 0.128 e. The Hall–Kier alpha value is -1.75. The van der Waals surface area contributed by atoms with Gasteiger partial charge in [0, 0.05) is 6.42 Å². The van der Waals surface area contributed by atoms with Crippen molar-refractivity contribution in [3.63, 3.8) is 0 Å². The third-order valence-electron chi connectivity index (χ3n) is 2.36. The SMILES string of the molecule is Cc1ccc(-n2cc(CCN)nn2)cc1F. The number of hydrogen-bond donors (Lipinski definition) is 1. The van der Waals surface area contributed by atoms with Crippen molar-refractivity contribution in [3.8, 4) is 5.69 Å². The predicted molar refractivity (Wildman–Crippen MR) is 58.8 cm³/mol. The van der Waals surface area contributed by atoms with Gasteiger partial charge in [-0.25, -0.2) is 9.07 Å². The van der Waals surface area contributed by atoms with E-state index < -0.39 is 0 Å². The topological polar surface area (TPSA) is 56.7 Å². The summed E-state index contributed by atoms with van der Waals surface area (Å²) in [6.07, 6.45) is 2.44. The lowest BCUT2D eigenvalue weighted by molar-refractivity contribution is 0.615. The second-order valence-electron chi connectivity index (χ2n) is 3.63. The van der Waals surface area contributed by atoms with Gasteiger partial charge < -0.3 is 5.73 Å². The Balaban J connectivity index is 2.31. The minimum atomic E-state index is -0.242. The Morgan fingerprint density at radius 2 is 2.25 bits per heavy atom. The molecule has 0 amide bonds. The summed E-state index contributed by atoms with van der Waals surface area (Å²) in [6.45, 7) is 2.25. The molecular formula is C11H13FN4. The van der Waals surface area contributed by atoms with E-state index in [0.717, 1.165) is 5.69 Å². The molecule has 0 spiro atoms. The Kier molecular flexibility index (Phi) is 2.96. The molecule has 16 heavy (non-hydrogen) atoms.